The molecule has 2 aromatic carbocycles. The van der Waals surface area contributed by atoms with Gasteiger partial charge in [0.25, 0.3) is 0 Å². The van der Waals surface area contributed by atoms with Crippen LogP contribution in [0.1, 0.15) is 18.0 Å². The Balaban J connectivity index is 1.57. The number of anilines is 1. The second-order valence-corrected chi connectivity index (χ2v) is 9.71. The minimum atomic E-state index is -2.99. The van der Waals surface area contributed by atoms with Crippen LogP contribution in [-0.4, -0.2) is 64.0 Å². The van der Waals surface area contributed by atoms with E-state index in [1.54, 1.807) is 0 Å². The number of hydrogen-bond donors (Lipinski definition) is 1. The van der Waals surface area contributed by atoms with E-state index in [4.69, 9.17) is 0 Å². The first-order valence-corrected chi connectivity index (χ1v) is 11.8. The summed E-state index contributed by atoms with van der Waals surface area (Å²) in [6.07, 6.45) is 0.826. The van der Waals surface area contributed by atoms with Gasteiger partial charge in [-0.2, -0.15) is 0 Å². The molecule has 1 atom stereocenters. The average molecular weight is 416 g/mol. The van der Waals surface area contributed by atoms with E-state index in [0.717, 1.165) is 24.2 Å². The third-order valence-corrected chi connectivity index (χ3v) is 6.88. The smallest absolute Gasteiger partial charge is 0.241 e. The Morgan fingerprint density at radius 3 is 2.24 bits per heavy atom. The number of nitrogens with zero attached hydrogens (tertiary/aromatic N) is 2. The molecule has 0 aromatic heterocycles. The van der Waals surface area contributed by atoms with Gasteiger partial charge in [-0.05, 0) is 24.1 Å². The monoisotopic (exact) mass is 415 g/mol. The number of amides is 1. The second-order valence-electron chi connectivity index (χ2n) is 7.40. The SMILES string of the molecule is CN(CCCNC(=O)C(c1ccccc1)N1CCS(=O)(=O)CC1)c1ccccc1. The number of sulfone groups is 1. The van der Waals surface area contributed by atoms with Gasteiger partial charge < -0.3 is 10.2 Å². The molecule has 1 N–H and O–H groups in total. The van der Waals surface area contributed by atoms with Gasteiger partial charge in [0.2, 0.25) is 5.91 Å². The van der Waals surface area contributed by atoms with Crippen molar-refractivity contribution in [2.45, 2.75) is 12.5 Å². The van der Waals surface area contributed by atoms with E-state index in [-0.39, 0.29) is 17.4 Å². The van der Waals surface area contributed by atoms with Crippen molar-refractivity contribution in [3.8, 4) is 0 Å². The van der Waals surface area contributed by atoms with Crippen molar-refractivity contribution in [2.75, 3.05) is 49.6 Å². The summed E-state index contributed by atoms with van der Waals surface area (Å²) in [5, 5.41) is 3.05. The summed E-state index contributed by atoms with van der Waals surface area (Å²) in [5.41, 5.74) is 2.04. The van der Waals surface area contributed by atoms with Crippen LogP contribution in [-0.2, 0) is 14.6 Å². The summed E-state index contributed by atoms with van der Waals surface area (Å²) in [7, 11) is -0.953. The number of carbonyl (C=O) groups excluding carboxylic acids is 1. The van der Waals surface area contributed by atoms with Crippen LogP contribution in [0.3, 0.4) is 0 Å². The van der Waals surface area contributed by atoms with Gasteiger partial charge in [-0.1, -0.05) is 48.5 Å². The Morgan fingerprint density at radius 2 is 1.62 bits per heavy atom. The Kier molecular flexibility index (Phi) is 7.28. The molecule has 29 heavy (non-hydrogen) atoms. The fourth-order valence-electron chi connectivity index (χ4n) is 3.58. The minimum absolute atomic E-state index is 0.0714. The zero-order chi connectivity index (χ0) is 20.7. The number of para-hydroxylation sites is 1. The van der Waals surface area contributed by atoms with Gasteiger partial charge in [-0.3, -0.25) is 9.69 Å². The molecule has 1 unspecified atom stereocenters. The van der Waals surface area contributed by atoms with Crippen molar-refractivity contribution in [1.82, 2.24) is 10.2 Å². The molecule has 0 spiro atoms. The second kappa shape index (κ2) is 9.89. The summed E-state index contributed by atoms with van der Waals surface area (Å²) in [6, 6.07) is 19.3. The normalized spacial score (nSPS) is 17.4. The molecule has 1 fully saturated rings. The van der Waals surface area contributed by atoms with Gasteiger partial charge in [-0.15, -0.1) is 0 Å². The lowest BCUT2D eigenvalue weighted by molar-refractivity contribution is -0.126. The van der Waals surface area contributed by atoms with E-state index >= 15 is 0 Å². The molecule has 0 saturated carbocycles. The Hall–Kier alpha value is -2.38. The molecule has 1 heterocycles. The molecule has 1 amide bonds. The molecule has 7 heteroatoms. The molecule has 1 saturated heterocycles. The maximum Gasteiger partial charge on any atom is 0.241 e. The Morgan fingerprint density at radius 1 is 1.03 bits per heavy atom. The highest BCUT2D eigenvalue weighted by atomic mass is 32.2. The lowest BCUT2D eigenvalue weighted by Crippen LogP contribution is -2.47. The van der Waals surface area contributed by atoms with Crippen LogP contribution in [0.2, 0.25) is 0 Å². The molecule has 6 nitrogen and oxygen atoms in total. The minimum Gasteiger partial charge on any atom is -0.375 e. The first-order chi connectivity index (χ1) is 14.0. The maximum absolute atomic E-state index is 13.0. The third-order valence-electron chi connectivity index (χ3n) is 5.27. The molecule has 0 aliphatic carbocycles. The topological polar surface area (TPSA) is 69.7 Å². The predicted molar refractivity (Wildman–Crippen MR) is 117 cm³/mol. The highest BCUT2D eigenvalue weighted by Gasteiger charge is 2.32. The largest absolute Gasteiger partial charge is 0.375 e. The molecule has 0 radical (unpaired) electrons. The van der Waals surface area contributed by atoms with Crippen LogP contribution in [0.15, 0.2) is 60.7 Å². The van der Waals surface area contributed by atoms with E-state index in [2.05, 4.69) is 22.3 Å². The van der Waals surface area contributed by atoms with Crippen molar-refractivity contribution in [1.29, 1.82) is 0 Å². The lowest BCUT2D eigenvalue weighted by Gasteiger charge is -2.33. The summed E-state index contributed by atoms with van der Waals surface area (Å²) >= 11 is 0. The molecule has 1 aliphatic rings. The highest BCUT2D eigenvalue weighted by molar-refractivity contribution is 7.91. The molecule has 156 valence electrons. The van der Waals surface area contributed by atoms with Crippen molar-refractivity contribution in [2.24, 2.45) is 0 Å². The van der Waals surface area contributed by atoms with E-state index in [9.17, 15) is 13.2 Å². The standard InChI is InChI=1S/C22H29N3O3S/c1-24(20-11-6-3-7-12-20)14-8-13-23-22(26)21(19-9-4-2-5-10-19)25-15-17-29(27,28)18-16-25/h2-7,9-12,21H,8,13-18H2,1H3,(H,23,26). The van der Waals surface area contributed by atoms with Gasteiger partial charge >= 0.3 is 0 Å². The summed E-state index contributed by atoms with van der Waals surface area (Å²) in [5.74, 6) is 0.134. The first kappa shape index (κ1) is 21.3. The molecular formula is C22H29N3O3S. The molecule has 2 aromatic rings. The van der Waals surface area contributed by atoms with Crippen molar-refractivity contribution < 1.29 is 13.2 Å². The number of hydrogen-bond acceptors (Lipinski definition) is 5. The van der Waals surface area contributed by atoms with E-state index in [1.807, 2.05) is 60.5 Å². The number of benzene rings is 2. The third kappa shape index (κ3) is 6.05. The number of rotatable bonds is 8. The summed E-state index contributed by atoms with van der Waals surface area (Å²) in [4.78, 5) is 17.1. The van der Waals surface area contributed by atoms with E-state index < -0.39 is 15.9 Å². The zero-order valence-electron chi connectivity index (χ0n) is 16.8. The van der Waals surface area contributed by atoms with Gasteiger partial charge in [0.05, 0.1) is 11.5 Å². The van der Waals surface area contributed by atoms with Gasteiger partial charge in [0.1, 0.15) is 6.04 Å². The first-order valence-electron chi connectivity index (χ1n) is 9.99. The van der Waals surface area contributed by atoms with Crippen LogP contribution >= 0.6 is 0 Å². The summed E-state index contributed by atoms with van der Waals surface area (Å²) < 4.78 is 23.6. The molecular weight excluding hydrogens is 386 g/mol. The van der Waals surface area contributed by atoms with Crippen LogP contribution in [0, 0.1) is 0 Å². The van der Waals surface area contributed by atoms with Crippen molar-refractivity contribution >= 4 is 21.4 Å². The van der Waals surface area contributed by atoms with Crippen molar-refractivity contribution in [3.05, 3.63) is 66.2 Å². The van der Waals surface area contributed by atoms with Gasteiger partial charge in [0, 0.05) is 38.9 Å². The lowest BCUT2D eigenvalue weighted by atomic mass is 10.0. The predicted octanol–water partition coefficient (Wildman–Crippen LogP) is 2.10. The average Bonchev–Trinajstić information content (AvgIpc) is 2.74. The van der Waals surface area contributed by atoms with Crippen LogP contribution < -0.4 is 10.2 Å². The van der Waals surface area contributed by atoms with Gasteiger partial charge in [-0.25, -0.2) is 8.42 Å². The fraction of sp³-hybridized carbons (Fsp3) is 0.409. The Labute approximate surface area is 173 Å². The maximum atomic E-state index is 13.0. The fourth-order valence-corrected chi connectivity index (χ4v) is 4.81. The number of carbonyl (C=O) groups is 1. The van der Waals surface area contributed by atoms with Crippen LogP contribution in [0.5, 0.6) is 0 Å². The molecule has 1 aliphatic heterocycles. The highest BCUT2D eigenvalue weighted by Crippen LogP contribution is 2.23. The molecule has 0 bridgehead atoms. The quantitative estimate of drug-likeness (QED) is 0.669. The number of nitrogens with one attached hydrogen (secondary N) is 1. The molecule has 3 rings (SSSR count). The van der Waals surface area contributed by atoms with E-state index in [0.29, 0.717) is 19.6 Å². The summed E-state index contributed by atoms with van der Waals surface area (Å²) in [6.45, 7) is 2.17. The van der Waals surface area contributed by atoms with Crippen molar-refractivity contribution in [3.63, 3.8) is 0 Å². The van der Waals surface area contributed by atoms with Gasteiger partial charge in [0.15, 0.2) is 9.84 Å². The van der Waals surface area contributed by atoms with Crippen LogP contribution in [0.25, 0.3) is 0 Å². The van der Waals surface area contributed by atoms with E-state index in [1.165, 1.54) is 0 Å². The zero-order valence-corrected chi connectivity index (χ0v) is 17.6. The van der Waals surface area contributed by atoms with Crippen LogP contribution in [0.4, 0.5) is 5.69 Å². The Bertz CT molecular complexity index is 874.